The molecular formula is C29H29N3O5. The Hall–Kier alpha value is -3.72. The highest BCUT2D eigenvalue weighted by molar-refractivity contribution is 6.51. The minimum absolute atomic E-state index is 0.370. The first-order valence-electron chi connectivity index (χ1n) is 12.6. The molecule has 8 heteroatoms. The van der Waals surface area contributed by atoms with E-state index in [9.17, 15) is 9.59 Å². The Balaban J connectivity index is 1.58. The average Bonchev–Trinajstić information content (AvgIpc) is 3.50. The van der Waals surface area contributed by atoms with Gasteiger partial charge in [0.2, 0.25) is 0 Å². The van der Waals surface area contributed by atoms with Gasteiger partial charge in [-0.25, -0.2) is 0 Å². The Morgan fingerprint density at radius 2 is 1.30 bits per heavy atom. The Kier molecular flexibility index (Phi) is 6.38. The summed E-state index contributed by atoms with van der Waals surface area (Å²) in [5.74, 6) is -0.743. The summed E-state index contributed by atoms with van der Waals surface area (Å²) in [4.78, 5) is 26.7. The van der Waals surface area contributed by atoms with E-state index in [1.807, 2.05) is 61.7 Å². The van der Waals surface area contributed by atoms with Gasteiger partial charge in [0.05, 0.1) is 50.8 Å². The van der Waals surface area contributed by atoms with Gasteiger partial charge in [-0.3, -0.25) is 14.9 Å². The number of amides is 2. The molecule has 2 aromatic carbocycles. The van der Waals surface area contributed by atoms with Crippen LogP contribution in [0.5, 0.6) is 0 Å². The van der Waals surface area contributed by atoms with Crippen molar-refractivity contribution in [3.63, 3.8) is 0 Å². The van der Waals surface area contributed by atoms with Crippen molar-refractivity contribution in [2.45, 2.75) is 20.0 Å². The van der Waals surface area contributed by atoms with Crippen molar-refractivity contribution in [2.24, 2.45) is 0 Å². The molecule has 0 unspecified atom stereocenters. The quantitative estimate of drug-likeness (QED) is 0.374. The molecule has 2 aromatic heterocycles. The summed E-state index contributed by atoms with van der Waals surface area (Å²) in [5, 5.41) is 4.44. The summed E-state index contributed by atoms with van der Waals surface area (Å²) in [6.45, 7) is 6.24. The molecule has 0 saturated heterocycles. The normalized spacial score (nSPS) is 18.0. The number of nitrogens with zero attached hydrogens (tertiary/aromatic N) is 2. The fraction of sp³-hybridized carbons (Fsp3) is 0.310. The van der Waals surface area contributed by atoms with Crippen LogP contribution in [0, 0.1) is 6.92 Å². The van der Waals surface area contributed by atoms with Crippen LogP contribution < -0.4 is 5.32 Å². The van der Waals surface area contributed by atoms with Gasteiger partial charge in [0, 0.05) is 57.9 Å². The van der Waals surface area contributed by atoms with Crippen molar-refractivity contribution >= 4 is 44.8 Å². The first-order chi connectivity index (χ1) is 18.1. The van der Waals surface area contributed by atoms with Crippen LogP contribution in [0.3, 0.4) is 0 Å². The molecule has 0 aliphatic carbocycles. The number of nitrogens with one attached hydrogen (secondary N) is 1. The molecule has 0 spiro atoms. The molecule has 2 amide bonds. The van der Waals surface area contributed by atoms with Crippen molar-refractivity contribution in [3.05, 3.63) is 71.5 Å². The van der Waals surface area contributed by atoms with Gasteiger partial charge in [-0.1, -0.05) is 36.4 Å². The molecule has 1 N–H and O–H groups in total. The van der Waals surface area contributed by atoms with Crippen molar-refractivity contribution in [2.75, 3.05) is 39.6 Å². The van der Waals surface area contributed by atoms with E-state index in [2.05, 4.69) is 14.5 Å². The van der Waals surface area contributed by atoms with Crippen molar-refractivity contribution in [3.8, 4) is 0 Å². The number of hydrogen-bond acceptors (Lipinski definition) is 5. The largest absolute Gasteiger partial charge is 0.377 e. The lowest BCUT2D eigenvalue weighted by Crippen LogP contribution is -2.22. The molecule has 190 valence electrons. The number of rotatable bonds is 0. The zero-order chi connectivity index (χ0) is 25.4. The Morgan fingerprint density at radius 3 is 2.05 bits per heavy atom. The molecule has 0 radical (unpaired) electrons. The molecule has 8 nitrogen and oxygen atoms in total. The van der Waals surface area contributed by atoms with Gasteiger partial charge in [0.15, 0.2) is 0 Å². The van der Waals surface area contributed by atoms with Crippen LogP contribution in [0.15, 0.2) is 54.7 Å². The first kappa shape index (κ1) is 23.7. The van der Waals surface area contributed by atoms with Gasteiger partial charge in [-0.15, -0.1) is 0 Å². The first-order valence-corrected chi connectivity index (χ1v) is 12.6. The standard InChI is InChI=1S/C29H29N3O5/c1-19-25-21-7-3-5-9-24(21)32(19)11-13-36-15-17-37-16-14-35-12-10-31-18-22(20-6-2-4-8-23(20)31)26-27(25)29(34)30-28(26)33/h2-9,18H,10-17H2,1H3,(H,30,33,34). The minimum Gasteiger partial charge on any atom is -0.377 e. The summed E-state index contributed by atoms with van der Waals surface area (Å²) in [6, 6.07) is 16.0. The molecule has 0 atom stereocenters. The van der Waals surface area contributed by atoms with Crippen molar-refractivity contribution < 1.29 is 23.8 Å². The number of ether oxygens (including phenoxy) is 3. The summed E-state index contributed by atoms with van der Waals surface area (Å²) in [5.41, 5.74) is 5.28. The molecule has 37 heavy (non-hydrogen) atoms. The van der Waals surface area contributed by atoms with Crippen LogP contribution in [-0.2, 0) is 36.9 Å². The number of fused-ring (bicyclic) bond motifs is 12. The molecule has 4 aromatic rings. The summed E-state index contributed by atoms with van der Waals surface area (Å²) in [7, 11) is 0. The highest BCUT2D eigenvalue weighted by atomic mass is 16.5. The molecule has 6 rings (SSSR count). The highest BCUT2D eigenvalue weighted by Crippen LogP contribution is 2.40. The second kappa shape index (κ2) is 9.97. The van der Waals surface area contributed by atoms with E-state index >= 15 is 0 Å². The van der Waals surface area contributed by atoms with Crippen LogP contribution in [-0.4, -0.2) is 60.6 Å². The third-order valence-corrected chi connectivity index (χ3v) is 7.15. The van der Waals surface area contributed by atoms with Gasteiger partial charge in [-0.05, 0) is 19.1 Å². The number of hydrogen-bond donors (Lipinski definition) is 1. The van der Waals surface area contributed by atoms with Gasteiger partial charge in [0.25, 0.3) is 11.8 Å². The van der Waals surface area contributed by atoms with E-state index in [1.165, 1.54) is 0 Å². The smallest absolute Gasteiger partial charge is 0.259 e. The van der Waals surface area contributed by atoms with E-state index in [-0.39, 0.29) is 11.8 Å². The molecule has 4 bridgehead atoms. The van der Waals surface area contributed by atoms with Crippen LogP contribution in [0.4, 0.5) is 0 Å². The predicted molar refractivity (Wildman–Crippen MR) is 141 cm³/mol. The number of benzene rings is 2. The number of imide groups is 1. The third-order valence-electron chi connectivity index (χ3n) is 7.15. The number of para-hydroxylation sites is 2. The predicted octanol–water partition coefficient (Wildman–Crippen LogP) is 3.54. The Labute approximate surface area is 214 Å². The van der Waals surface area contributed by atoms with Crippen LogP contribution in [0.1, 0.15) is 16.8 Å². The highest BCUT2D eigenvalue weighted by Gasteiger charge is 2.36. The van der Waals surface area contributed by atoms with Crippen LogP contribution >= 0.6 is 0 Å². The molecular weight excluding hydrogens is 470 g/mol. The van der Waals surface area contributed by atoms with E-state index in [0.29, 0.717) is 63.9 Å². The van der Waals surface area contributed by atoms with E-state index in [0.717, 1.165) is 38.6 Å². The van der Waals surface area contributed by atoms with Crippen molar-refractivity contribution in [1.82, 2.24) is 14.5 Å². The van der Waals surface area contributed by atoms with Gasteiger partial charge < -0.3 is 23.3 Å². The number of aromatic nitrogens is 2. The van der Waals surface area contributed by atoms with Gasteiger partial charge in [-0.2, -0.15) is 0 Å². The molecule has 0 saturated carbocycles. The summed E-state index contributed by atoms with van der Waals surface area (Å²) in [6.07, 6.45) is 1.97. The van der Waals surface area contributed by atoms with E-state index < -0.39 is 0 Å². The molecule has 2 aliphatic rings. The monoisotopic (exact) mass is 499 g/mol. The van der Waals surface area contributed by atoms with Crippen molar-refractivity contribution in [1.29, 1.82) is 0 Å². The van der Waals surface area contributed by atoms with Gasteiger partial charge in [0.1, 0.15) is 0 Å². The lowest BCUT2D eigenvalue weighted by Gasteiger charge is -2.11. The fourth-order valence-corrected chi connectivity index (χ4v) is 5.48. The lowest BCUT2D eigenvalue weighted by atomic mass is 9.94. The van der Waals surface area contributed by atoms with E-state index in [1.54, 1.807) is 0 Å². The second-order valence-electron chi connectivity index (χ2n) is 9.25. The number of carbonyl (C=O) groups excluding carboxylic acids is 2. The second-order valence-corrected chi connectivity index (χ2v) is 9.25. The maximum absolute atomic E-state index is 13.4. The Bertz CT molecular complexity index is 1540. The maximum Gasteiger partial charge on any atom is 0.259 e. The molecule has 2 aliphatic heterocycles. The molecule has 0 fully saturated rings. The fourth-order valence-electron chi connectivity index (χ4n) is 5.48. The zero-order valence-electron chi connectivity index (χ0n) is 20.8. The zero-order valence-corrected chi connectivity index (χ0v) is 20.8. The molecule has 4 heterocycles. The summed E-state index contributed by atoms with van der Waals surface area (Å²) < 4.78 is 21.5. The Morgan fingerprint density at radius 1 is 0.703 bits per heavy atom. The van der Waals surface area contributed by atoms with Crippen LogP contribution in [0.2, 0.25) is 0 Å². The average molecular weight is 500 g/mol. The third kappa shape index (κ3) is 4.17. The van der Waals surface area contributed by atoms with Gasteiger partial charge >= 0.3 is 0 Å². The lowest BCUT2D eigenvalue weighted by molar-refractivity contribution is -0.122. The maximum atomic E-state index is 13.4. The topological polar surface area (TPSA) is 83.7 Å². The SMILES string of the molecule is Cc1c2c3ccccc3n1CCOCCOCCOCCn1cc(c3ccccc31)C1=C2C(=O)NC1=O. The van der Waals surface area contributed by atoms with E-state index in [4.69, 9.17) is 14.2 Å². The summed E-state index contributed by atoms with van der Waals surface area (Å²) >= 11 is 0. The minimum atomic E-state index is -0.373. The number of carbonyl (C=O) groups is 2. The van der Waals surface area contributed by atoms with Crippen LogP contribution in [0.25, 0.3) is 33.0 Å².